The summed E-state index contributed by atoms with van der Waals surface area (Å²) in [6.45, 7) is 3.96. The smallest absolute Gasteiger partial charge is 0.194 e. The van der Waals surface area contributed by atoms with E-state index in [-0.39, 0.29) is 24.0 Å². The number of rotatable bonds is 4. The number of nitrogens with one attached hydrogen (secondary N) is 1. The lowest BCUT2D eigenvalue weighted by atomic mass is 10.1. The molecule has 4 rings (SSSR count). The van der Waals surface area contributed by atoms with Gasteiger partial charge in [-0.15, -0.1) is 24.0 Å². The van der Waals surface area contributed by atoms with Crippen LogP contribution in [0, 0.1) is 0 Å². The van der Waals surface area contributed by atoms with E-state index in [1.165, 1.54) is 17.7 Å². The predicted octanol–water partition coefficient (Wildman–Crippen LogP) is 3.57. The predicted molar refractivity (Wildman–Crippen MR) is 126 cm³/mol. The van der Waals surface area contributed by atoms with E-state index in [2.05, 4.69) is 62.6 Å². The molecule has 2 unspecified atom stereocenters. The largest absolute Gasteiger partial charge is 0.497 e. The van der Waals surface area contributed by atoms with E-state index in [1.807, 2.05) is 19.2 Å². The minimum Gasteiger partial charge on any atom is -0.497 e. The molecule has 1 saturated heterocycles. The Morgan fingerprint density at radius 2 is 1.68 bits per heavy atom. The molecule has 6 heteroatoms. The summed E-state index contributed by atoms with van der Waals surface area (Å²) in [6.07, 6.45) is 1.19. The first-order chi connectivity index (χ1) is 13.3. The summed E-state index contributed by atoms with van der Waals surface area (Å²) in [6, 6.07) is 19.6. The molecule has 0 spiro atoms. The molecule has 1 aliphatic heterocycles. The first-order valence-corrected chi connectivity index (χ1v) is 9.70. The van der Waals surface area contributed by atoms with Gasteiger partial charge in [-0.25, -0.2) is 0 Å². The van der Waals surface area contributed by atoms with Gasteiger partial charge in [0.25, 0.3) is 0 Å². The van der Waals surface area contributed by atoms with Gasteiger partial charge in [-0.1, -0.05) is 30.3 Å². The third kappa shape index (κ3) is 4.71. The van der Waals surface area contributed by atoms with E-state index >= 15 is 0 Å². The topological polar surface area (TPSA) is 40.1 Å². The average Bonchev–Trinajstić information content (AvgIpc) is 3.52. The maximum atomic E-state index is 5.25. The van der Waals surface area contributed by atoms with Gasteiger partial charge in [0.1, 0.15) is 5.75 Å². The Hall–Kier alpha value is -1.96. The van der Waals surface area contributed by atoms with Crippen LogP contribution >= 0.6 is 24.0 Å². The van der Waals surface area contributed by atoms with Crippen molar-refractivity contribution < 1.29 is 4.74 Å². The Morgan fingerprint density at radius 3 is 2.29 bits per heavy atom. The summed E-state index contributed by atoms with van der Waals surface area (Å²) < 4.78 is 5.25. The van der Waals surface area contributed by atoms with Crippen molar-refractivity contribution in [3.8, 4) is 5.75 Å². The second-order valence-electron chi connectivity index (χ2n) is 7.22. The standard InChI is InChI=1S/C22H28N4O.HI/c1-23-22(24-21-16-20(21)17-6-4-3-5-7-17)26-14-12-25(13-15-26)18-8-10-19(27-2)11-9-18;/h3-11,20-21H,12-16H2,1-2H3,(H,23,24);1H. The fraction of sp³-hybridized carbons (Fsp3) is 0.409. The molecule has 0 aromatic heterocycles. The van der Waals surface area contributed by atoms with Crippen molar-refractivity contribution in [3.63, 3.8) is 0 Å². The van der Waals surface area contributed by atoms with E-state index in [1.54, 1.807) is 7.11 Å². The van der Waals surface area contributed by atoms with Gasteiger partial charge in [0.2, 0.25) is 0 Å². The van der Waals surface area contributed by atoms with Crippen LogP contribution in [0.2, 0.25) is 0 Å². The Bertz CT molecular complexity index is 773. The van der Waals surface area contributed by atoms with E-state index in [0.29, 0.717) is 12.0 Å². The van der Waals surface area contributed by atoms with Crippen LogP contribution in [0.15, 0.2) is 59.6 Å². The van der Waals surface area contributed by atoms with Gasteiger partial charge in [0.05, 0.1) is 7.11 Å². The molecular weight excluding hydrogens is 463 g/mol. The van der Waals surface area contributed by atoms with Crippen LogP contribution in [0.4, 0.5) is 5.69 Å². The molecule has 0 bridgehead atoms. The Labute approximate surface area is 184 Å². The first-order valence-electron chi connectivity index (χ1n) is 9.70. The highest BCUT2D eigenvalue weighted by Crippen LogP contribution is 2.40. The minimum absolute atomic E-state index is 0. The van der Waals surface area contributed by atoms with Crippen molar-refractivity contribution in [2.45, 2.75) is 18.4 Å². The van der Waals surface area contributed by atoms with Crippen molar-refractivity contribution in [2.75, 3.05) is 45.2 Å². The van der Waals surface area contributed by atoms with Crippen LogP contribution in [-0.2, 0) is 0 Å². The molecule has 1 heterocycles. The summed E-state index contributed by atoms with van der Waals surface area (Å²) in [7, 11) is 3.59. The van der Waals surface area contributed by atoms with Crippen molar-refractivity contribution in [1.82, 2.24) is 10.2 Å². The van der Waals surface area contributed by atoms with Gasteiger partial charge < -0.3 is 19.9 Å². The Morgan fingerprint density at radius 1 is 1.00 bits per heavy atom. The number of halogens is 1. The second kappa shape index (κ2) is 9.49. The molecule has 2 fully saturated rings. The number of hydrogen-bond donors (Lipinski definition) is 1. The van der Waals surface area contributed by atoms with Gasteiger partial charge in [-0.2, -0.15) is 0 Å². The number of guanidine groups is 1. The fourth-order valence-electron chi connectivity index (χ4n) is 3.86. The molecule has 2 aliphatic rings. The van der Waals surface area contributed by atoms with Crippen molar-refractivity contribution >= 4 is 35.6 Å². The normalized spacial score (nSPS) is 21.7. The van der Waals surface area contributed by atoms with Gasteiger partial charge in [-0.05, 0) is 36.2 Å². The maximum absolute atomic E-state index is 5.25. The number of benzene rings is 2. The zero-order valence-electron chi connectivity index (χ0n) is 16.5. The highest BCUT2D eigenvalue weighted by molar-refractivity contribution is 14.0. The lowest BCUT2D eigenvalue weighted by Gasteiger charge is -2.37. The van der Waals surface area contributed by atoms with Gasteiger partial charge in [0.15, 0.2) is 5.96 Å². The molecule has 5 nitrogen and oxygen atoms in total. The molecule has 2 aromatic carbocycles. The lowest BCUT2D eigenvalue weighted by molar-refractivity contribution is 0.372. The summed E-state index contributed by atoms with van der Waals surface area (Å²) in [5.74, 6) is 2.55. The molecular formula is C22H29IN4O. The molecule has 150 valence electrons. The number of anilines is 1. The Kier molecular flexibility index (Phi) is 7.04. The minimum atomic E-state index is 0. The summed E-state index contributed by atoms with van der Waals surface area (Å²) in [5, 5.41) is 3.67. The molecule has 28 heavy (non-hydrogen) atoms. The number of aliphatic imine (C=N–C) groups is 1. The highest BCUT2D eigenvalue weighted by atomic mass is 127. The quantitative estimate of drug-likeness (QED) is 0.403. The Balaban J connectivity index is 0.00000225. The third-order valence-corrected chi connectivity index (χ3v) is 5.56. The monoisotopic (exact) mass is 492 g/mol. The van der Waals surface area contributed by atoms with Gasteiger partial charge in [0, 0.05) is 50.9 Å². The van der Waals surface area contributed by atoms with E-state index in [4.69, 9.17) is 4.74 Å². The number of ether oxygens (including phenoxy) is 1. The summed E-state index contributed by atoms with van der Waals surface area (Å²) in [4.78, 5) is 9.34. The third-order valence-electron chi connectivity index (χ3n) is 5.56. The van der Waals surface area contributed by atoms with Crippen LogP contribution in [0.25, 0.3) is 0 Å². The summed E-state index contributed by atoms with van der Waals surface area (Å²) >= 11 is 0. The molecule has 1 aliphatic carbocycles. The molecule has 2 aromatic rings. The van der Waals surface area contributed by atoms with Crippen molar-refractivity contribution in [1.29, 1.82) is 0 Å². The van der Waals surface area contributed by atoms with Crippen LogP contribution < -0.4 is 15.0 Å². The van der Waals surface area contributed by atoms with Crippen LogP contribution in [-0.4, -0.2) is 57.2 Å². The van der Waals surface area contributed by atoms with Crippen molar-refractivity contribution in [3.05, 3.63) is 60.2 Å². The maximum Gasteiger partial charge on any atom is 0.194 e. The average molecular weight is 492 g/mol. The van der Waals surface area contributed by atoms with E-state index in [9.17, 15) is 0 Å². The molecule has 2 atom stereocenters. The number of methoxy groups -OCH3 is 1. The van der Waals surface area contributed by atoms with Gasteiger partial charge in [-0.3, -0.25) is 4.99 Å². The molecule has 1 N–H and O–H groups in total. The van der Waals surface area contributed by atoms with E-state index in [0.717, 1.165) is 37.9 Å². The molecule has 1 saturated carbocycles. The van der Waals surface area contributed by atoms with Crippen LogP contribution in [0.5, 0.6) is 5.75 Å². The fourth-order valence-corrected chi connectivity index (χ4v) is 3.86. The zero-order chi connectivity index (χ0) is 18.6. The lowest BCUT2D eigenvalue weighted by Crippen LogP contribution is -2.53. The van der Waals surface area contributed by atoms with Crippen LogP contribution in [0.1, 0.15) is 17.9 Å². The van der Waals surface area contributed by atoms with Crippen molar-refractivity contribution in [2.24, 2.45) is 4.99 Å². The van der Waals surface area contributed by atoms with E-state index < -0.39 is 0 Å². The zero-order valence-corrected chi connectivity index (χ0v) is 18.9. The first kappa shape index (κ1) is 20.8. The number of piperazine rings is 1. The second-order valence-corrected chi connectivity index (χ2v) is 7.22. The van der Waals surface area contributed by atoms with Gasteiger partial charge >= 0.3 is 0 Å². The highest BCUT2D eigenvalue weighted by Gasteiger charge is 2.39. The number of nitrogens with zero attached hydrogens (tertiary/aromatic N) is 3. The molecule has 0 amide bonds. The summed E-state index contributed by atoms with van der Waals surface area (Å²) in [5.41, 5.74) is 2.68. The molecule has 0 radical (unpaired) electrons. The SMILES string of the molecule is CN=C(NC1CC1c1ccccc1)N1CCN(c2ccc(OC)cc2)CC1.I. The number of hydrogen-bond acceptors (Lipinski definition) is 3. The van der Waals surface area contributed by atoms with Crippen LogP contribution in [0.3, 0.4) is 0 Å².